The maximum absolute atomic E-state index is 12.4. The van der Waals surface area contributed by atoms with Gasteiger partial charge in [0, 0.05) is 7.05 Å². The zero-order valence-electron chi connectivity index (χ0n) is 12.7. The molecule has 6 heteroatoms. The number of hydrazone groups is 1. The summed E-state index contributed by atoms with van der Waals surface area (Å²) < 4.78 is 30.8. The summed E-state index contributed by atoms with van der Waals surface area (Å²) in [5, 5.41) is 4.01. The van der Waals surface area contributed by atoms with E-state index in [0.717, 1.165) is 15.5 Å². The summed E-state index contributed by atoms with van der Waals surface area (Å²) in [4.78, 5) is 0.211. The van der Waals surface area contributed by atoms with Crippen molar-refractivity contribution in [3.05, 3.63) is 59.7 Å². The second-order valence-electron chi connectivity index (χ2n) is 4.77. The molecule has 2 aromatic rings. The van der Waals surface area contributed by atoms with E-state index in [1.807, 2.05) is 25.1 Å². The van der Waals surface area contributed by atoms with Crippen molar-refractivity contribution in [3.8, 4) is 5.75 Å². The van der Waals surface area contributed by atoms with E-state index in [2.05, 4.69) is 5.10 Å². The van der Waals surface area contributed by atoms with E-state index in [0.29, 0.717) is 5.75 Å². The first-order valence-corrected chi connectivity index (χ1v) is 8.11. The fourth-order valence-electron chi connectivity index (χ4n) is 1.79. The van der Waals surface area contributed by atoms with Crippen LogP contribution in [0.15, 0.2) is 58.5 Å². The Morgan fingerprint density at radius 1 is 1.14 bits per heavy atom. The van der Waals surface area contributed by atoms with Crippen LogP contribution in [0.4, 0.5) is 0 Å². The highest BCUT2D eigenvalue weighted by atomic mass is 32.2. The molecule has 0 unspecified atom stereocenters. The number of hydrogen-bond donors (Lipinski definition) is 0. The maximum atomic E-state index is 12.4. The summed E-state index contributed by atoms with van der Waals surface area (Å²) in [7, 11) is -0.655. The summed E-state index contributed by atoms with van der Waals surface area (Å²) in [5.41, 5.74) is 1.76. The second-order valence-corrected chi connectivity index (χ2v) is 6.72. The van der Waals surface area contributed by atoms with E-state index in [1.165, 1.54) is 13.3 Å². The monoisotopic (exact) mass is 318 g/mol. The van der Waals surface area contributed by atoms with Crippen molar-refractivity contribution >= 4 is 16.2 Å². The lowest BCUT2D eigenvalue weighted by Gasteiger charge is -2.13. The number of rotatable bonds is 5. The number of sulfonamides is 1. The van der Waals surface area contributed by atoms with Crippen molar-refractivity contribution in [2.24, 2.45) is 5.10 Å². The van der Waals surface area contributed by atoms with Gasteiger partial charge in [0.1, 0.15) is 5.75 Å². The maximum Gasteiger partial charge on any atom is 0.278 e. The van der Waals surface area contributed by atoms with E-state index in [1.54, 1.807) is 37.4 Å². The third-order valence-electron chi connectivity index (χ3n) is 3.13. The van der Waals surface area contributed by atoms with Crippen LogP contribution in [-0.2, 0) is 10.0 Å². The molecule has 0 fully saturated rings. The van der Waals surface area contributed by atoms with Gasteiger partial charge in [0.25, 0.3) is 10.0 Å². The molecule has 0 saturated carbocycles. The molecular weight excluding hydrogens is 300 g/mol. The summed E-state index contributed by atoms with van der Waals surface area (Å²) in [6, 6.07) is 13.9. The van der Waals surface area contributed by atoms with E-state index < -0.39 is 10.0 Å². The SMILES string of the molecule is COc1cccc(/C=N\N(C)S(=O)(=O)c2ccc(C)cc2)c1. The minimum absolute atomic E-state index is 0.211. The normalized spacial score (nSPS) is 11.6. The van der Waals surface area contributed by atoms with E-state index in [-0.39, 0.29) is 4.90 Å². The van der Waals surface area contributed by atoms with Crippen molar-refractivity contribution in [1.82, 2.24) is 4.41 Å². The molecule has 2 aromatic carbocycles. The predicted molar refractivity (Wildman–Crippen MR) is 86.7 cm³/mol. The quantitative estimate of drug-likeness (QED) is 0.629. The first-order valence-electron chi connectivity index (χ1n) is 6.67. The lowest BCUT2D eigenvalue weighted by molar-refractivity contribution is 0.414. The Hall–Kier alpha value is -2.34. The lowest BCUT2D eigenvalue weighted by Crippen LogP contribution is -2.21. The molecule has 0 aliphatic rings. The molecule has 0 saturated heterocycles. The summed E-state index contributed by atoms with van der Waals surface area (Å²) in [6.07, 6.45) is 1.48. The minimum atomic E-state index is -3.64. The molecule has 0 spiro atoms. The Morgan fingerprint density at radius 3 is 2.45 bits per heavy atom. The molecule has 0 aliphatic heterocycles. The van der Waals surface area contributed by atoms with Crippen LogP contribution in [0, 0.1) is 6.92 Å². The topological polar surface area (TPSA) is 59.0 Å². The molecule has 5 nitrogen and oxygen atoms in total. The number of aryl methyl sites for hydroxylation is 1. The van der Waals surface area contributed by atoms with Crippen molar-refractivity contribution < 1.29 is 13.2 Å². The van der Waals surface area contributed by atoms with Crippen LogP contribution in [0.2, 0.25) is 0 Å². The van der Waals surface area contributed by atoms with Crippen LogP contribution in [-0.4, -0.2) is 33.2 Å². The van der Waals surface area contributed by atoms with Gasteiger partial charge in [-0.05, 0) is 36.8 Å². The van der Waals surface area contributed by atoms with Gasteiger partial charge in [-0.25, -0.2) is 0 Å². The first kappa shape index (κ1) is 16.0. The summed E-state index contributed by atoms with van der Waals surface area (Å²) >= 11 is 0. The van der Waals surface area contributed by atoms with Crippen LogP contribution >= 0.6 is 0 Å². The number of methoxy groups -OCH3 is 1. The van der Waals surface area contributed by atoms with Crippen molar-refractivity contribution in [1.29, 1.82) is 0 Å². The molecule has 0 aromatic heterocycles. The second kappa shape index (κ2) is 6.62. The zero-order valence-corrected chi connectivity index (χ0v) is 13.5. The highest BCUT2D eigenvalue weighted by molar-refractivity contribution is 7.89. The van der Waals surface area contributed by atoms with Crippen LogP contribution in [0.3, 0.4) is 0 Å². The number of benzene rings is 2. The molecule has 0 aliphatic carbocycles. The van der Waals surface area contributed by atoms with E-state index in [9.17, 15) is 8.42 Å². The smallest absolute Gasteiger partial charge is 0.278 e. The first-order chi connectivity index (χ1) is 10.4. The standard InChI is InChI=1S/C16H18N2O3S/c1-13-7-9-16(10-8-13)22(19,20)18(2)17-12-14-5-4-6-15(11-14)21-3/h4-12H,1-3H3/b17-12-. The average Bonchev–Trinajstić information content (AvgIpc) is 2.53. The fourth-order valence-corrected chi connectivity index (χ4v) is 2.75. The lowest BCUT2D eigenvalue weighted by atomic mass is 10.2. The largest absolute Gasteiger partial charge is 0.497 e. The van der Waals surface area contributed by atoms with Gasteiger partial charge in [0.15, 0.2) is 0 Å². The van der Waals surface area contributed by atoms with Crippen molar-refractivity contribution in [2.45, 2.75) is 11.8 Å². The van der Waals surface area contributed by atoms with Gasteiger partial charge in [0.2, 0.25) is 0 Å². The Balaban J connectivity index is 2.21. The molecular formula is C16H18N2O3S. The van der Waals surface area contributed by atoms with Crippen molar-refractivity contribution in [3.63, 3.8) is 0 Å². The van der Waals surface area contributed by atoms with Gasteiger partial charge in [-0.2, -0.15) is 17.9 Å². The van der Waals surface area contributed by atoms with Crippen molar-refractivity contribution in [2.75, 3.05) is 14.2 Å². The number of hydrogen-bond acceptors (Lipinski definition) is 4. The zero-order chi connectivity index (χ0) is 16.2. The Bertz CT molecular complexity index is 768. The van der Waals surface area contributed by atoms with Gasteiger partial charge >= 0.3 is 0 Å². The molecule has 0 radical (unpaired) electrons. The van der Waals surface area contributed by atoms with E-state index >= 15 is 0 Å². The molecule has 116 valence electrons. The highest BCUT2D eigenvalue weighted by Gasteiger charge is 2.18. The van der Waals surface area contributed by atoms with Gasteiger partial charge in [0.05, 0.1) is 18.2 Å². The molecule has 0 amide bonds. The predicted octanol–water partition coefficient (Wildman–Crippen LogP) is 2.66. The molecule has 2 rings (SSSR count). The van der Waals surface area contributed by atoms with Crippen LogP contribution < -0.4 is 4.74 Å². The van der Waals surface area contributed by atoms with Crippen LogP contribution in [0.25, 0.3) is 0 Å². The Kier molecular flexibility index (Phi) is 4.82. The average molecular weight is 318 g/mol. The molecule has 0 atom stereocenters. The van der Waals surface area contributed by atoms with Gasteiger partial charge in [-0.15, -0.1) is 0 Å². The molecule has 0 heterocycles. The van der Waals surface area contributed by atoms with Gasteiger partial charge < -0.3 is 4.74 Å². The Morgan fingerprint density at radius 2 is 1.82 bits per heavy atom. The summed E-state index contributed by atoms with van der Waals surface area (Å²) in [5.74, 6) is 0.688. The number of ether oxygens (including phenoxy) is 1. The fraction of sp³-hybridized carbons (Fsp3) is 0.188. The highest BCUT2D eigenvalue weighted by Crippen LogP contribution is 2.16. The third-order valence-corrected chi connectivity index (χ3v) is 4.79. The van der Waals surface area contributed by atoms with E-state index in [4.69, 9.17) is 4.74 Å². The minimum Gasteiger partial charge on any atom is -0.497 e. The summed E-state index contributed by atoms with van der Waals surface area (Å²) in [6.45, 7) is 1.90. The van der Waals surface area contributed by atoms with Gasteiger partial charge in [-0.1, -0.05) is 29.8 Å². The molecule has 22 heavy (non-hydrogen) atoms. The Labute approximate surface area is 130 Å². The molecule has 0 N–H and O–H groups in total. The molecule has 0 bridgehead atoms. The van der Waals surface area contributed by atoms with Crippen LogP contribution in [0.5, 0.6) is 5.75 Å². The van der Waals surface area contributed by atoms with Crippen LogP contribution in [0.1, 0.15) is 11.1 Å². The van der Waals surface area contributed by atoms with Gasteiger partial charge in [-0.3, -0.25) is 0 Å². The number of nitrogens with zero attached hydrogens (tertiary/aromatic N) is 2. The third kappa shape index (κ3) is 3.65.